The number of aliphatic carboxylic acids is 3. The number of carboxylic acids is 3. The number of amides is 3. The number of hydrogen-bond donors (Lipinski definition) is 9. The Morgan fingerprint density at radius 3 is 1.89 bits per heavy atom. The summed E-state index contributed by atoms with van der Waals surface area (Å²) in [6.07, 6.45) is -11.3. The van der Waals surface area contributed by atoms with E-state index in [2.05, 4.69) is 15.6 Å². The third-order valence-electron chi connectivity index (χ3n) is 5.50. The lowest BCUT2D eigenvalue weighted by Crippen LogP contribution is -2.55. The van der Waals surface area contributed by atoms with Crippen LogP contribution in [0.3, 0.4) is 0 Å². The zero-order valence-corrected chi connectivity index (χ0v) is 23.9. The van der Waals surface area contributed by atoms with Crippen molar-refractivity contribution in [2.45, 2.75) is 62.3 Å². The number of nitrogens with zero attached hydrogens (tertiary/aromatic N) is 1. The summed E-state index contributed by atoms with van der Waals surface area (Å²) < 4.78 is 60.5. The molecule has 0 saturated carbocycles. The van der Waals surface area contributed by atoms with Crippen LogP contribution in [-0.4, -0.2) is 107 Å². The molecule has 1 rings (SSSR count). The number of carboxylic acid groups (broad SMARTS) is 3. The first-order valence-electron chi connectivity index (χ1n) is 13.0. The number of carbonyl (C=O) groups excluding carboxylic acids is 3. The fraction of sp³-hybridized carbons (Fsp3) is 0.480. The smallest absolute Gasteiger partial charge is 0.481 e. The van der Waals surface area contributed by atoms with Crippen LogP contribution in [0.1, 0.15) is 24.8 Å². The molecule has 0 spiro atoms. The van der Waals surface area contributed by atoms with E-state index in [1.54, 1.807) is 35.6 Å². The maximum absolute atomic E-state index is 14.4. The van der Waals surface area contributed by atoms with Crippen LogP contribution >= 0.6 is 0 Å². The molecule has 3 amide bonds. The highest BCUT2D eigenvalue weighted by Crippen LogP contribution is 2.13. The molecule has 0 aliphatic heterocycles. The number of halogens is 5. The molecule has 46 heavy (non-hydrogen) atoms. The molecule has 0 aromatic heterocycles. The first kappa shape index (κ1) is 40.9. The molecule has 1 aromatic rings. The summed E-state index contributed by atoms with van der Waals surface area (Å²) in [4.78, 5) is 72.1. The average molecular weight is 672 g/mol. The number of nitrogens with two attached hydrogens (primary N) is 3. The van der Waals surface area contributed by atoms with Gasteiger partial charge in [-0.05, 0) is 18.4 Å². The fourth-order valence-electron chi connectivity index (χ4n) is 3.20. The normalized spacial score (nSPS) is 14.0. The van der Waals surface area contributed by atoms with E-state index in [0.717, 1.165) is 0 Å². The Morgan fingerprint density at radius 2 is 1.41 bits per heavy atom. The molecule has 1 aromatic carbocycles. The van der Waals surface area contributed by atoms with Gasteiger partial charge in [-0.3, -0.25) is 24.2 Å². The third-order valence-corrected chi connectivity index (χ3v) is 5.50. The van der Waals surface area contributed by atoms with E-state index in [-0.39, 0.29) is 25.3 Å². The monoisotopic (exact) mass is 671 g/mol. The zero-order chi connectivity index (χ0) is 35.6. The number of carbonyl (C=O) groups is 6. The molecule has 21 heteroatoms. The van der Waals surface area contributed by atoms with Crippen LogP contribution in [0.15, 0.2) is 35.3 Å². The Labute approximate surface area is 257 Å². The van der Waals surface area contributed by atoms with Gasteiger partial charge in [0.2, 0.25) is 18.0 Å². The van der Waals surface area contributed by atoms with Gasteiger partial charge in [0.05, 0.1) is 19.0 Å². The summed E-state index contributed by atoms with van der Waals surface area (Å²) in [5.74, 6) is -9.63. The number of rotatable bonds is 17. The molecule has 0 saturated heterocycles. The lowest BCUT2D eigenvalue weighted by Gasteiger charge is -2.22. The highest BCUT2D eigenvalue weighted by atomic mass is 19.4. The van der Waals surface area contributed by atoms with Gasteiger partial charge in [-0.15, -0.1) is 0 Å². The molecule has 258 valence electrons. The minimum absolute atomic E-state index is 0.132. The van der Waals surface area contributed by atoms with Crippen LogP contribution in [0.4, 0.5) is 22.0 Å². The van der Waals surface area contributed by atoms with Gasteiger partial charge in [0.15, 0.2) is 12.1 Å². The summed E-state index contributed by atoms with van der Waals surface area (Å²) in [5, 5.41) is 31.6. The van der Waals surface area contributed by atoms with Crippen molar-refractivity contribution in [3.8, 4) is 0 Å². The largest absolute Gasteiger partial charge is 0.490 e. The number of aliphatic imine (C=N–C) groups is 1. The van der Waals surface area contributed by atoms with Crippen molar-refractivity contribution in [3.63, 3.8) is 0 Å². The summed E-state index contributed by atoms with van der Waals surface area (Å²) in [6, 6.07) is 3.69. The molecular weight excluding hydrogens is 637 g/mol. The molecule has 0 heterocycles. The molecule has 0 aliphatic carbocycles. The topological polar surface area (TPSA) is 290 Å². The maximum Gasteiger partial charge on any atom is 0.490 e. The standard InChI is InChI=1S/C23H33F2N7O7.C2HF3O2/c24-13(11-30-19(35)14(26)7-4-8-29-23(27)28)18(25)21(37)31-15(10-17(33)34)20(36)32-16(22(38)39)9-12-5-2-1-3-6-12;3-2(4,5)1(6)7/h1-3,5-6,13-16,18H,4,7-11,26H2,(H,30,35)(H,31,37)(H,32,36)(H,33,34)(H,38,39)(H4,27,28,29);(H,6,7)/t13-,14-,15-,16-,18+;/m0./s1. The molecule has 0 bridgehead atoms. The predicted molar refractivity (Wildman–Crippen MR) is 148 cm³/mol. The minimum Gasteiger partial charge on any atom is -0.481 e. The van der Waals surface area contributed by atoms with Crippen molar-refractivity contribution in [2.75, 3.05) is 13.1 Å². The van der Waals surface area contributed by atoms with Crippen molar-refractivity contribution >= 4 is 41.6 Å². The molecule has 5 atom stereocenters. The molecule has 12 N–H and O–H groups in total. The third kappa shape index (κ3) is 17.3. The van der Waals surface area contributed by atoms with Gasteiger partial charge < -0.3 is 48.5 Å². The SMILES string of the molecule is NC(N)=NCCC[C@H](N)C(=O)NC[C@H](F)[C@@H](F)C(=O)N[C@@H](CC(=O)O)C(=O)N[C@@H](Cc1ccccc1)C(=O)O.O=C(O)C(F)(F)F. The molecule has 0 aliphatic rings. The van der Waals surface area contributed by atoms with E-state index >= 15 is 0 Å². The Morgan fingerprint density at radius 1 is 0.870 bits per heavy atom. The average Bonchev–Trinajstić information content (AvgIpc) is 2.96. The Kier molecular flexibility index (Phi) is 17.8. The van der Waals surface area contributed by atoms with Crippen molar-refractivity contribution in [1.82, 2.24) is 16.0 Å². The van der Waals surface area contributed by atoms with Crippen molar-refractivity contribution < 1.29 is 66.0 Å². The predicted octanol–water partition coefficient (Wildman–Crippen LogP) is -1.44. The second-order valence-electron chi connectivity index (χ2n) is 9.27. The molecular formula is C25H34F5N7O9. The number of alkyl halides is 5. The highest BCUT2D eigenvalue weighted by molar-refractivity contribution is 5.94. The van der Waals surface area contributed by atoms with Gasteiger partial charge in [0.1, 0.15) is 12.1 Å². The van der Waals surface area contributed by atoms with E-state index in [1.807, 2.05) is 0 Å². The minimum atomic E-state index is -5.08. The van der Waals surface area contributed by atoms with Gasteiger partial charge in [-0.25, -0.2) is 18.4 Å². The quantitative estimate of drug-likeness (QED) is 0.0399. The summed E-state index contributed by atoms with van der Waals surface area (Å²) in [5.41, 5.74) is 16.5. The van der Waals surface area contributed by atoms with Gasteiger partial charge in [0.25, 0.3) is 5.91 Å². The maximum atomic E-state index is 14.4. The number of benzene rings is 1. The lowest BCUT2D eigenvalue weighted by molar-refractivity contribution is -0.192. The van der Waals surface area contributed by atoms with Crippen LogP contribution in [0.2, 0.25) is 0 Å². The van der Waals surface area contributed by atoms with E-state index in [1.165, 1.54) is 0 Å². The van der Waals surface area contributed by atoms with Gasteiger partial charge in [-0.2, -0.15) is 13.2 Å². The first-order chi connectivity index (χ1) is 21.3. The second kappa shape index (κ2) is 20.0. The van der Waals surface area contributed by atoms with Gasteiger partial charge in [0, 0.05) is 13.0 Å². The molecule has 0 radical (unpaired) electrons. The van der Waals surface area contributed by atoms with E-state index in [4.69, 9.17) is 32.2 Å². The molecule has 0 fully saturated rings. The van der Waals surface area contributed by atoms with Gasteiger partial charge in [-0.1, -0.05) is 30.3 Å². The van der Waals surface area contributed by atoms with E-state index in [9.17, 15) is 51.0 Å². The van der Waals surface area contributed by atoms with Crippen molar-refractivity contribution in [2.24, 2.45) is 22.2 Å². The number of hydrogen-bond acceptors (Lipinski definition) is 8. The first-order valence-corrected chi connectivity index (χ1v) is 13.0. The lowest BCUT2D eigenvalue weighted by atomic mass is 10.0. The molecule has 0 unspecified atom stereocenters. The van der Waals surface area contributed by atoms with Crippen LogP contribution in [0, 0.1) is 0 Å². The van der Waals surface area contributed by atoms with Crippen LogP contribution in [-0.2, 0) is 35.2 Å². The molecule has 16 nitrogen and oxygen atoms in total. The van der Waals surface area contributed by atoms with Crippen LogP contribution in [0.5, 0.6) is 0 Å². The number of guanidine groups is 1. The van der Waals surface area contributed by atoms with Crippen molar-refractivity contribution in [3.05, 3.63) is 35.9 Å². The Bertz CT molecular complexity index is 1220. The highest BCUT2D eigenvalue weighted by Gasteiger charge is 2.38. The Balaban J connectivity index is 0.00000258. The summed E-state index contributed by atoms with van der Waals surface area (Å²) in [7, 11) is 0. The van der Waals surface area contributed by atoms with E-state index < -0.39 is 85.2 Å². The number of nitrogens with one attached hydrogen (secondary N) is 3. The van der Waals surface area contributed by atoms with Crippen LogP contribution in [0.25, 0.3) is 0 Å². The Hall–Kier alpha value is -5.08. The zero-order valence-electron chi connectivity index (χ0n) is 23.9. The summed E-state index contributed by atoms with van der Waals surface area (Å²) in [6.45, 7) is -0.741. The summed E-state index contributed by atoms with van der Waals surface area (Å²) >= 11 is 0. The van der Waals surface area contributed by atoms with Gasteiger partial charge >= 0.3 is 24.1 Å². The van der Waals surface area contributed by atoms with Crippen molar-refractivity contribution in [1.29, 1.82) is 0 Å². The van der Waals surface area contributed by atoms with E-state index in [0.29, 0.717) is 12.0 Å². The fourth-order valence-corrected chi connectivity index (χ4v) is 3.20. The second-order valence-corrected chi connectivity index (χ2v) is 9.27. The van der Waals surface area contributed by atoms with Crippen LogP contribution < -0.4 is 33.2 Å².